The van der Waals surface area contributed by atoms with Crippen LogP contribution in [0, 0.1) is 23.2 Å². The molecule has 0 unspecified atom stereocenters. The van der Waals surface area contributed by atoms with Crippen molar-refractivity contribution in [1.29, 1.82) is 0 Å². The Balaban J connectivity index is 1.74. The third-order valence-electron chi connectivity index (χ3n) is 8.28. The van der Waals surface area contributed by atoms with Gasteiger partial charge in [0.15, 0.2) is 16.9 Å². The number of carbonyl (C=O) groups is 2. The van der Waals surface area contributed by atoms with Gasteiger partial charge in [0.1, 0.15) is 5.60 Å². The van der Waals surface area contributed by atoms with E-state index in [1.165, 1.54) is 7.11 Å². The second-order valence-electron chi connectivity index (χ2n) is 9.10. The van der Waals surface area contributed by atoms with Crippen LogP contribution in [0.1, 0.15) is 42.7 Å². The van der Waals surface area contributed by atoms with Gasteiger partial charge in [0.25, 0.3) is 0 Å². The van der Waals surface area contributed by atoms with Gasteiger partial charge in [-0.05, 0) is 54.9 Å². The number of methoxy groups -OCH3 is 3. The van der Waals surface area contributed by atoms with Crippen LogP contribution in [0.4, 0.5) is 0 Å². The Hall–Kier alpha value is -2.50. The number of fused-ring (bicyclic) bond motifs is 6. The molecule has 0 N–H and O–H groups in total. The first kappa shape index (κ1) is 19.5. The van der Waals surface area contributed by atoms with Crippen molar-refractivity contribution in [3.8, 4) is 11.5 Å². The van der Waals surface area contributed by atoms with Gasteiger partial charge < -0.3 is 18.9 Å². The van der Waals surface area contributed by atoms with E-state index in [0.29, 0.717) is 17.9 Å². The lowest BCUT2D eigenvalue weighted by Crippen LogP contribution is -2.55. The van der Waals surface area contributed by atoms with Crippen molar-refractivity contribution in [3.63, 3.8) is 0 Å². The van der Waals surface area contributed by atoms with E-state index < -0.39 is 23.0 Å². The number of aryl methyl sites for hydroxylation is 1. The zero-order valence-corrected chi connectivity index (χ0v) is 17.7. The molecule has 160 valence electrons. The molecule has 0 amide bonds. The molecule has 3 fully saturated rings. The van der Waals surface area contributed by atoms with Crippen LogP contribution in [0.3, 0.4) is 0 Å². The molecule has 4 aliphatic rings. The largest absolute Gasteiger partial charge is 0.493 e. The summed E-state index contributed by atoms with van der Waals surface area (Å²) < 4.78 is 22.5. The van der Waals surface area contributed by atoms with E-state index in [-0.39, 0.29) is 23.7 Å². The highest BCUT2D eigenvalue weighted by atomic mass is 16.6. The van der Waals surface area contributed by atoms with Crippen LogP contribution in [0.5, 0.6) is 11.5 Å². The predicted octanol–water partition coefficient (Wildman–Crippen LogP) is 3.42. The molecule has 1 aliphatic heterocycles. The summed E-state index contributed by atoms with van der Waals surface area (Å²) in [4.78, 5) is 26.8. The second kappa shape index (κ2) is 6.50. The van der Waals surface area contributed by atoms with Crippen molar-refractivity contribution in [2.45, 2.75) is 43.6 Å². The van der Waals surface area contributed by atoms with Crippen LogP contribution >= 0.6 is 0 Å². The minimum absolute atomic E-state index is 0.0748. The summed E-state index contributed by atoms with van der Waals surface area (Å²) in [5.41, 5.74) is 0.130. The fraction of sp³-hybridized carbons (Fsp3) is 0.583. The maximum atomic E-state index is 13.5. The van der Waals surface area contributed by atoms with Gasteiger partial charge in [-0.1, -0.05) is 6.08 Å². The third kappa shape index (κ3) is 2.14. The summed E-state index contributed by atoms with van der Waals surface area (Å²) in [7, 11) is 4.57. The average Bonchev–Trinajstić information content (AvgIpc) is 3.26. The minimum Gasteiger partial charge on any atom is -0.493 e. The standard InChI is InChI=1S/C24H28O6/c1-5-14-7-9-17-15-8-6-13-10-18(27-2)19(28-3)11-16(13)20(15)23(21(25)29-4)12-24(14,17)30-22(23)26/h5,10-11,14-15,17,20H,1,6-9,12H2,2-4H3/t14-,15+,17+,20+,23-,24-/m0/s1. The molecule has 1 saturated heterocycles. The first-order valence-corrected chi connectivity index (χ1v) is 10.7. The summed E-state index contributed by atoms with van der Waals surface area (Å²) in [6, 6.07) is 3.94. The normalized spacial score (nSPS) is 38.0. The molecule has 0 aromatic heterocycles. The SMILES string of the molecule is C=C[C@H]1CC[C@@H]2[C@H]3CCc4cc(OC)c(OC)cc4[C@@H]3[C@]3(C(=O)OC)C[C@@]21OC3=O. The van der Waals surface area contributed by atoms with E-state index in [0.717, 1.165) is 36.8 Å². The van der Waals surface area contributed by atoms with E-state index in [2.05, 4.69) is 6.58 Å². The van der Waals surface area contributed by atoms with Crippen LogP contribution < -0.4 is 9.47 Å². The van der Waals surface area contributed by atoms with Crippen LogP contribution in [0.2, 0.25) is 0 Å². The van der Waals surface area contributed by atoms with Crippen molar-refractivity contribution in [2.24, 2.45) is 23.2 Å². The molecular formula is C24H28O6. The lowest BCUT2D eigenvalue weighted by atomic mass is 9.50. The molecular weight excluding hydrogens is 384 g/mol. The predicted molar refractivity (Wildman–Crippen MR) is 108 cm³/mol. The van der Waals surface area contributed by atoms with E-state index in [4.69, 9.17) is 18.9 Å². The van der Waals surface area contributed by atoms with E-state index in [1.807, 2.05) is 18.2 Å². The minimum atomic E-state index is -1.32. The van der Waals surface area contributed by atoms with Crippen molar-refractivity contribution in [2.75, 3.05) is 21.3 Å². The number of hydrogen-bond donors (Lipinski definition) is 0. The van der Waals surface area contributed by atoms with Crippen molar-refractivity contribution in [3.05, 3.63) is 35.9 Å². The molecule has 6 nitrogen and oxygen atoms in total. The fourth-order valence-electron chi connectivity index (χ4n) is 7.17. The summed E-state index contributed by atoms with van der Waals surface area (Å²) in [6.07, 6.45) is 5.95. The molecule has 2 bridgehead atoms. The molecule has 1 spiro atoms. The molecule has 6 atom stereocenters. The molecule has 5 rings (SSSR count). The van der Waals surface area contributed by atoms with Crippen LogP contribution in [0.15, 0.2) is 24.8 Å². The molecule has 1 heterocycles. The number of carbonyl (C=O) groups excluding carboxylic acids is 2. The highest BCUT2D eigenvalue weighted by molar-refractivity contribution is 6.03. The Labute approximate surface area is 176 Å². The van der Waals surface area contributed by atoms with E-state index in [1.54, 1.807) is 14.2 Å². The second-order valence-corrected chi connectivity index (χ2v) is 9.10. The number of benzene rings is 1. The summed E-state index contributed by atoms with van der Waals surface area (Å²) in [5.74, 6) is 0.509. The van der Waals surface area contributed by atoms with Gasteiger partial charge in [-0.3, -0.25) is 9.59 Å². The van der Waals surface area contributed by atoms with Crippen molar-refractivity contribution < 1.29 is 28.5 Å². The summed E-state index contributed by atoms with van der Waals surface area (Å²) in [6.45, 7) is 4.00. The molecule has 6 heteroatoms. The van der Waals surface area contributed by atoms with Crippen LogP contribution in [-0.2, 0) is 25.5 Å². The quantitative estimate of drug-likeness (QED) is 0.429. The first-order valence-electron chi connectivity index (χ1n) is 10.7. The summed E-state index contributed by atoms with van der Waals surface area (Å²) >= 11 is 0. The maximum absolute atomic E-state index is 13.5. The van der Waals surface area contributed by atoms with Gasteiger partial charge >= 0.3 is 11.9 Å². The molecule has 0 radical (unpaired) electrons. The Morgan fingerprint density at radius 3 is 2.57 bits per heavy atom. The summed E-state index contributed by atoms with van der Waals surface area (Å²) in [5, 5.41) is 0. The van der Waals surface area contributed by atoms with E-state index >= 15 is 0 Å². The highest BCUT2D eigenvalue weighted by Gasteiger charge is 2.76. The maximum Gasteiger partial charge on any atom is 0.324 e. The fourth-order valence-corrected chi connectivity index (χ4v) is 7.17. The average molecular weight is 412 g/mol. The van der Waals surface area contributed by atoms with Gasteiger partial charge in [0.2, 0.25) is 0 Å². The smallest absolute Gasteiger partial charge is 0.324 e. The molecule has 2 saturated carbocycles. The Kier molecular flexibility index (Phi) is 4.21. The molecule has 1 aromatic rings. The van der Waals surface area contributed by atoms with Gasteiger partial charge in [-0.2, -0.15) is 0 Å². The van der Waals surface area contributed by atoms with Crippen molar-refractivity contribution >= 4 is 11.9 Å². The number of ether oxygens (including phenoxy) is 4. The zero-order valence-electron chi connectivity index (χ0n) is 17.7. The van der Waals surface area contributed by atoms with Gasteiger partial charge in [-0.25, -0.2) is 0 Å². The van der Waals surface area contributed by atoms with Gasteiger partial charge in [0, 0.05) is 24.2 Å². The number of esters is 2. The van der Waals surface area contributed by atoms with E-state index in [9.17, 15) is 9.59 Å². The topological polar surface area (TPSA) is 71.1 Å². The molecule has 3 aliphatic carbocycles. The lowest BCUT2D eigenvalue weighted by Gasteiger charge is -2.50. The number of rotatable bonds is 4. The monoisotopic (exact) mass is 412 g/mol. The third-order valence-corrected chi connectivity index (χ3v) is 8.28. The Morgan fingerprint density at radius 2 is 1.90 bits per heavy atom. The Bertz CT molecular complexity index is 938. The zero-order chi connectivity index (χ0) is 21.3. The van der Waals surface area contributed by atoms with Gasteiger partial charge in [0.05, 0.1) is 21.3 Å². The van der Waals surface area contributed by atoms with Crippen LogP contribution in [0.25, 0.3) is 0 Å². The lowest BCUT2D eigenvalue weighted by molar-refractivity contribution is -0.165. The highest BCUT2D eigenvalue weighted by Crippen LogP contribution is 2.70. The Morgan fingerprint density at radius 1 is 1.17 bits per heavy atom. The van der Waals surface area contributed by atoms with Gasteiger partial charge in [-0.15, -0.1) is 6.58 Å². The number of hydrogen-bond acceptors (Lipinski definition) is 6. The molecule has 1 aromatic carbocycles. The molecule has 30 heavy (non-hydrogen) atoms. The van der Waals surface area contributed by atoms with Crippen LogP contribution in [-0.4, -0.2) is 38.9 Å². The van der Waals surface area contributed by atoms with Crippen molar-refractivity contribution in [1.82, 2.24) is 0 Å². The first-order chi connectivity index (χ1) is 14.5.